The molecule has 31 heavy (non-hydrogen) atoms. The lowest BCUT2D eigenvalue weighted by Crippen LogP contribution is -2.45. The normalized spacial score (nSPS) is 18.3. The van der Waals surface area contributed by atoms with E-state index in [2.05, 4.69) is 20.7 Å². The summed E-state index contributed by atoms with van der Waals surface area (Å²) >= 11 is 0. The number of nitrogens with one attached hydrogen (secondary N) is 3. The van der Waals surface area contributed by atoms with E-state index in [1.165, 1.54) is 4.68 Å². The lowest BCUT2D eigenvalue weighted by atomic mass is 9.84. The maximum absolute atomic E-state index is 12.6. The summed E-state index contributed by atoms with van der Waals surface area (Å²) in [6.45, 7) is 0. The van der Waals surface area contributed by atoms with E-state index in [0.29, 0.717) is 29.8 Å². The van der Waals surface area contributed by atoms with Crippen LogP contribution < -0.4 is 16.3 Å². The maximum atomic E-state index is 12.6. The van der Waals surface area contributed by atoms with Crippen LogP contribution in [0.5, 0.6) is 0 Å². The Morgan fingerprint density at radius 1 is 1.03 bits per heavy atom. The van der Waals surface area contributed by atoms with E-state index in [9.17, 15) is 19.5 Å². The summed E-state index contributed by atoms with van der Waals surface area (Å²) in [7, 11) is 0. The first-order chi connectivity index (χ1) is 15.0. The lowest BCUT2D eigenvalue weighted by molar-refractivity contribution is -0.143. The number of carboxylic acids is 1. The molecule has 2 atom stereocenters. The molecule has 4 N–H and O–H groups in total. The number of carbonyl (C=O) groups excluding carboxylic acids is 1. The molecule has 9 heteroatoms. The number of para-hydroxylation sites is 1. The fourth-order valence-corrected chi connectivity index (χ4v) is 3.82. The second-order valence-corrected chi connectivity index (χ2v) is 7.54. The van der Waals surface area contributed by atoms with Gasteiger partial charge in [-0.2, -0.15) is 4.68 Å². The standard InChI is InChI=1S/C22H23N5O4/c28-19(24-18-9-5-4-8-17(18)20(29)30)14-10-12-15(13-11-14)23-21-25-22(31)27(26-21)16-6-2-1-3-7-16/h1-3,6-7,10-13,17-18H,4-5,8-9H2,(H,24,28)(H,29,30)(H2,23,25,26,31). The minimum Gasteiger partial charge on any atom is -0.481 e. The summed E-state index contributed by atoms with van der Waals surface area (Å²) in [5.41, 5.74) is 1.35. The van der Waals surface area contributed by atoms with E-state index in [0.717, 1.165) is 12.8 Å². The minimum atomic E-state index is -0.867. The van der Waals surface area contributed by atoms with E-state index >= 15 is 0 Å². The highest BCUT2D eigenvalue weighted by Gasteiger charge is 2.31. The van der Waals surface area contributed by atoms with Gasteiger partial charge in [-0.05, 0) is 49.2 Å². The van der Waals surface area contributed by atoms with Crippen molar-refractivity contribution < 1.29 is 14.7 Å². The van der Waals surface area contributed by atoms with Crippen molar-refractivity contribution >= 4 is 23.5 Å². The van der Waals surface area contributed by atoms with Gasteiger partial charge in [-0.1, -0.05) is 31.0 Å². The number of H-pyrrole nitrogens is 1. The van der Waals surface area contributed by atoms with Crippen molar-refractivity contribution in [3.8, 4) is 5.69 Å². The second-order valence-electron chi connectivity index (χ2n) is 7.54. The molecule has 1 aliphatic carbocycles. The van der Waals surface area contributed by atoms with Gasteiger partial charge in [-0.15, -0.1) is 5.10 Å². The third-order valence-corrected chi connectivity index (χ3v) is 5.43. The topological polar surface area (TPSA) is 129 Å². The molecule has 1 aliphatic rings. The average Bonchev–Trinajstić information content (AvgIpc) is 3.15. The zero-order valence-electron chi connectivity index (χ0n) is 16.7. The van der Waals surface area contributed by atoms with Gasteiger partial charge in [0.15, 0.2) is 0 Å². The minimum absolute atomic E-state index is 0.276. The van der Waals surface area contributed by atoms with Crippen LogP contribution in [0.1, 0.15) is 36.0 Å². The Balaban J connectivity index is 1.42. The van der Waals surface area contributed by atoms with Gasteiger partial charge in [0.25, 0.3) is 5.91 Å². The van der Waals surface area contributed by atoms with Gasteiger partial charge in [-0.25, -0.2) is 4.79 Å². The van der Waals surface area contributed by atoms with Gasteiger partial charge in [0.2, 0.25) is 5.95 Å². The van der Waals surface area contributed by atoms with E-state index in [1.807, 2.05) is 18.2 Å². The Bertz CT molecular complexity index is 1120. The Kier molecular flexibility index (Phi) is 5.83. The van der Waals surface area contributed by atoms with Crippen molar-refractivity contribution in [1.82, 2.24) is 20.1 Å². The molecule has 9 nitrogen and oxygen atoms in total. The highest BCUT2D eigenvalue weighted by Crippen LogP contribution is 2.25. The van der Waals surface area contributed by atoms with Crippen LogP contribution in [0, 0.1) is 5.92 Å². The summed E-state index contributed by atoms with van der Waals surface area (Å²) < 4.78 is 1.26. The van der Waals surface area contributed by atoms with Crippen LogP contribution in [0.2, 0.25) is 0 Å². The molecule has 0 aliphatic heterocycles. The first-order valence-corrected chi connectivity index (χ1v) is 10.2. The van der Waals surface area contributed by atoms with Crippen LogP contribution in [0.3, 0.4) is 0 Å². The third-order valence-electron chi connectivity index (χ3n) is 5.43. The molecule has 1 heterocycles. The molecule has 3 aromatic rings. The number of hydrogen-bond acceptors (Lipinski definition) is 5. The molecule has 1 fully saturated rings. The zero-order valence-corrected chi connectivity index (χ0v) is 16.7. The summed E-state index contributed by atoms with van der Waals surface area (Å²) in [5, 5.41) is 19.5. The summed E-state index contributed by atoms with van der Waals surface area (Å²) in [6, 6.07) is 15.4. The van der Waals surface area contributed by atoms with Crippen LogP contribution in [0.25, 0.3) is 5.69 Å². The first-order valence-electron chi connectivity index (χ1n) is 10.2. The number of rotatable bonds is 6. The molecule has 0 radical (unpaired) electrons. The number of benzene rings is 2. The number of nitrogens with zero attached hydrogens (tertiary/aromatic N) is 2. The average molecular weight is 421 g/mol. The Hall–Kier alpha value is -3.88. The lowest BCUT2D eigenvalue weighted by Gasteiger charge is -2.29. The van der Waals surface area contributed by atoms with Gasteiger partial charge in [0, 0.05) is 17.3 Å². The fourth-order valence-electron chi connectivity index (χ4n) is 3.82. The highest BCUT2D eigenvalue weighted by atomic mass is 16.4. The number of amides is 1. The van der Waals surface area contributed by atoms with Crippen LogP contribution >= 0.6 is 0 Å². The summed E-state index contributed by atoms with van der Waals surface area (Å²) in [4.78, 5) is 38.8. The number of anilines is 2. The van der Waals surface area contributed by atoms with Gasteiger partial charge in [-0.3, -0.25) is 14.6 Å². The van der Waals surface area contributed by atoms with E-state index in [-0.39, 0.29) is 23.6 Å². The third kappa shape index (κ3) is 4.66. The number of aliphatic carboxylic acids is 1. The van der Waals surface area contributed by atoms with Crippen molar-refractivity contribution in [2.75, 3.05) is 5.32 Å². The largest absolute Gasteiger partial charge is 0.481 e. The molecule has 1 amide bonds. The molecule has 4 rings (SSSR count). The van der Waals surface area contributed by atoms with E-state index in [4.69, 9.17) is 0 Å². The van der Waals surface area contributed by atoms with Crippen LogP contribution in [-0.2, 0) is 4.79 Å². The number of carboxylic acid groups (broad SMARTS) is 1. The molecule has 1 aromatic heterocycles. The number of aromatic amines is 1. The van der Waals surface area contributed by atoms with E-state index in [1.54, 1.807) is 36.4 Å². The molecule has 0 bridgehead atoms. The predicted octanol–water partition coefficient (Wildman–Crippen LogP) is 2.68. The summed E-state index contributed by atoms with van der Waals surface area (Å²) in [5.74, 6) is -1.44. The van der Waals surface area contributed by atoms with Crippen molar-refractivity contribution in [3.05, 3.63) is 70.6 Å². The first kappa shape index (κ1) is 20.4. The second kappa shape index (κ2) is 8.86. The zero-order chi connectivity index (χ0) is 21.8. The number of aromatic nitrogens is 3. The molecule has 0 saturated heterocycles. The molecular formula is C22H23N5O4. The predicted molar refractivity (Wildman–Crippen MR) is 115 cm³/mol. The van der Waals surface area contributed by atoms with Gasteiger partial charge in [0.1, 0.15) is 0 Å². The Morgan fingerprint density at radius 3 is 2.45 bits per heavy atom. The quantitative estimate of drug-likeness (QED) is 0.484. The Morgan fingerprint density at radius 2 is 1.74 bits per heavy atom. The molecule has 0 spiro atoms. The summed E-state index contributed by atoms with van der Waals surface area (Å²) in [6.07, 6.45) is 3.02. The smallest absolute Gasteiger partial charge is 0.349 e. The molecule has 1 saturated carbocycles. The van der Waals surface area contributed by atoms with Gasteiger partial charge >= 0.3 is 11.7 Å². The van der Waals surface area contributed by atoms with Crippen molar-refractivity contribution in [2.45, 2.75) is 31.7 Å². The molecule has 160 valence electrons. The van der Waals surface area contributed by atoms with E-state index < -0.39 is 11.9 Å². The molecular weight excluding hydrogens is 398 g/mol. The molecule has 2 aromatic carbocycles. The van der Waals surface area contributed by atoms with Crippen LogP contribution in [-0.4, -0.2) is 37.8 Å². The molecule has 2 unspecified atom stereocenters. The number of hydrogen-bond donors (Lipinski definition) is 4. The van der Waals surface area contributed by atoms with Gasteiger partial charge in [0.05, 0.1) is 11.6 Å². The maximum Gasteiger partial charge on any atom is 0.349 e. The Labute approximate surface area is 178 Å². The highest BCUT2D eigenvalue weighted by molar-refractivity contribution is 5.95. The number of carbonyl (C=O) groups is 2. The monoisotopic (exact) mass is 421 g/mol. The SMILES string of the molecule is O=C(NC1CCCCC1C(=O)O)c1ccc(Nc2nn(-c3ccccc3)c(=O)[nH]2)cc1. The van der Waals surface area contributed by atoms with Crippen molar-refractivity contribution in [2.24, 2.45) is 5.92 Å². The van der Waals surface area contributed by atoms with Gasteiger partial charge < -0.3 is 15.7 Å². The van der Waals surface area contributed by atoms with Crippen LogP contribution in [0.4, 0.5) is 11.6 Å². The van der Waals surface area contributed by atoms with Crippen molar-refractivity contribution in [3.63, 3.8) is 0 Å². The van der Waals surface area contributed by atoms with Crippen LogP contribution in [0.15, 0.2) is 59.4 Å². The van der Waals surface area contributed by atoms with Crippen molar-refractivity contribution in [1.29, 1.82) is 0 Å². The fraction of sp³-hybridized carbons (Fsp3) is 0.273.